The molecule has 0 N–H and O–H groups in total. The molecule has 0 aromatic heterocycles. The molecule has 0 aromatic rings. The zero-order valence-electron chi connectivity index (χ0n) is 14.1. The van der Waals surface area contributed by atoms with Gasteiger partial charge in [0.2, 0.25) is 5.91 Å². The quantitative estimate of drug-likeness (QED) is 0.786. The molecule has 1 amide bonds. The second kappa shape index (κ2) is 5.54. The number of rotatable bonds is 4. The van der Waals surface area contributed by atoms with E-state index < -0.39 is 0 Å². The molecule has 4 heteroatoms. The van der Waals surface area contributed by atoms with Gasteiger partial charge in [-0.3, -0.25) is 4.79 Å². The van der Waals surface area contributed by atoms with Crippen LogP contribution in [0, 0.1) is 17.3 Å². The van der Waals surface area contributed by atoms with Crippen LogP contribution in [0.25, 0.3) is 0 Å². The number of hydrogen-bond donors (Lipinski definition) is 0. The first-order chi connectivity index (χ1) is 9.88. The maximum Gasteiger partial charge on any atom is 0.227 e. The third kappa shape index (κ3) is 2.98. The van der Waals surface area contributed by atoms with Crippen molar-refractivity contribution in [3.8, 4) is 0 Å². The monoisotopic (exact) mass is 293 g/mol. The van der Waals surface area contributed by atoms with Gasteiger partial charge in [0.1, 0.15) is 0 Å². The Morgan fingerprint density at radius 1 is 1.14 bits per heavy atom. The van der Waals surface area contributed by atoms with E-state index in [4.69, 9.17) is 0 Å². The van der Waals surface area contributed by atoms with Gasteiger partial charge in [0, 0.05) is 50.7 Å². The van der Waals surface area contributed by atoms with Gasteiger partial charge in [-0.25, -0.2) is 0 Å². The van der Waals surface area contributed by atoms with Gasteiger partial charge >= 0.3 is 0 Å². The van der Waals surface area contributed by atoms with Crippen LogP contribution in [-0.4, -0.2) is 72.5 Å². The molecule has 3 heterocycles. The van der Waals surface area contributed by atoms with Crippen LogP contribution in [0.5, 0.6) is 0 Å². The Morgan fingerprint density at radius 3 is 2.33 bits per heavy atom. The average molecular weight is 293 g/mol. The van der Waals surface area contributed by atoms with Crippen molar-refractivity contribution in [1.82, 2.24) is 14.7 Å². The van der Waals surface area contributed by atoms with Crippen molar-refractivity contribution in [1.29, 1.82) is 0 Å². The topological polar surface area (TPSA) is 26.8 Å². The Morgan fingerprint density at radius 2 is 1.81 bits per heavy atom. The summed E-state index contributed by atoms with van der Waals surface area (Å²) in [6.07, 6.45) is 1.06. The summed E-state index contributed by atoms with van der Waals surface area (Å²) in [5, 5.41) is 0. The second-order valence-electron chi connectivity index (χ2n) is 8.33. The first-order valence-corrected chi connectivity index (χ1v) is 8.64. The first-order valence-electron chi connectivity index (χ1n) is 8.64. The van der Waals surface area contributed by atoms with Crippen molar-refractivity contribution >= 4 is 5.91 Å². The summed E-state index contributed by atoms with van der Waals surface area (Å²) in [4.78, 5) is 19.7. The fourth-order valence-electron chi connectivity index (χ4n) is 4.38. The molecule has 0 aromatic carbocycles. The van der Waals surface area contributed by atoms with E-state index in [9.17, 15) is 4.79 Å². The maximum absolute atomic E-state index is 12.6. The molecule has 0 bridgehead atoms. The van der Waals surface area contributed by atoms with E-state index in [0.29, 0.717) is 17.4 Å². The molecule has 120 valence electrons. The number of carbonyl (C=O) groups is 1. The largest absolute Gasteiger partial charge is 0.341 e. The van der Waals surface area contributed by atoms with Crippen LogP contribution < -0.4 is 0 Å². The highest BCUT2D eigenvalue weighted by molar-refractivity contribution is 5.80. The number of hydrogen-bond acceptors (Lipinski definition) is 3. The average Bonchev–Trinajstić information content (AvgIpc) is 2.78. The van der Waals surface area contributed by atoms with Crippen molar-refractivity contribution < 1.29 is 4.79 Å². The van der Waals surface area contributed by atoms with E-state index in [-0.39, 0.29) is 5.92 Å². The van der Waals surface area contributed by atoms with Gasteiger partial charge in [0.25, 0.3) is 0 Å². The van der Waals surface area contributed by atoms with Crippen LogP contribution in [0.1, 0.15) is 34.1 Å². The van der Waals surface area contributed by atoms with Crippen LogP contribution >= 0.6 is 0 Å². The lowest BCUT2D eigenvalue weighted by molar-refractivity contribution is -0.163. The van der Waals surface area contributed by atoms with Crippen molar-refractivity contribution in [2.75, 3.05) is 45.8 Å². The minimum atomic E-state index is 0.261. The molecule has 21 heavy (non-hydrogen) atoms. The van der Waals surface area contributed by atoms with Crippen LogP contribution in [-0.2, 0) is 4.79 Å². The van der Waals surface area contributed by atoms with Gasteiger partial charge in [-0.15, -0.1) is 0 Å². The van der Waals surface area contributed by atoms with Gasteiger partial charge in [-0.2, -0.15) is 0 Å². The Balaban J connectivity index is 1.42. The fourth-order valence-corrected chi connectivity index (χ4v) is 4.38. The summed E-state index contributed by atoms with van der Waals surface area (Å²) in [7, 11) is 0. The maximum atomic E-state index is 12.6. The number of carbonyl (C=O) groups excluding carboxylic acids is 1. The van der Waals surface area contributed by atoms with E-state index in [2.05, 4.69) is 42.4 Å². The Kier molecular flexibility index (Phi) is 4.04. The standard InChI is InChI=1S/C17H31N3O/c1-13(2)7-18-9-17(10-18)11-20(12-17)16(21)15-5-6-19(8-15)14(3)4/h13-15H,5-12H2,1-4H3/t15-/m1/s1. The van der Waals surface area contributed by atoms with Gasteiger partial charge in [0.15, 0.2) is 0 Å². The van der Waals surface area contributed by atoms with Crippen molar-refractivity contribution in [2.45, 2.75) is 40.2 Å². The molecule has 0 aliphatic carbocycles. The number of likely N-dealkylation sites (tertiary alicyclic amines) is 3. The lowest BCUT2D eigenvalue weighted by atomic mass is 9.72. The van der Waals surface area contributed by atoms with Crippen molar-refractivity contribution in [3.05, 3.63) is 0 Å². The molecule has 3 rings (SSSR count). The molecule has 0 unspecified atom stereocenters. The van der Waals surface area contributed by atoms with Gasteiger partial charge < -0.3 is 14.7 Å². The first kappa shape index (κ1) is 15.3. The molecule has 1 atom stereocenters. The van der Waals surface area contributed by atoms with Crippen LogP contribution in [0.4, 0.5) is 0 Å². The second-order valence-corrected chi connectivity index (χ2v) is 8.33. The normalized spacial score (nSPS) is 29.2. The van der Waals surface area contributed by atoms with E-state index in [1.54, 1.807) is 0 Å². The summed E-state index contributed by atoms with van der Waals surface area (Å²) in [5.74, 6) is 1.43. The molecule has 3 aliphatic heterocycles. The number of amides is 1. The van der Waals surface area contributed by atoms with E-state index >= 15 is 0 Å². The van der Waals surface area contributed by atoms with Crippen LogP contribution in [0.3, 0.4) is 0 Å². The molecule has 1 spiro atoms. The predicted molar refractivity (Wildman–Crippen MR) is 85.1 cm³/mol. The minimum Gasteiger partial charge on any atom is -0.341 e. The Labute approximate surface area is 129 Å². The highest BCUT2D eigenvalue weighted by atomic mass is 16.2. The summed E-state index contributed by atoms with van der Waals surface area (Å²) >= 11 is 0. The highest BCUT2D eigenvalue weighted by Crippen LogP contribution is 2.41. The van der Waals surface area contributed by atoms with Crippen molar-refractivity contribution in [3.63, 3.8) is 0 Å². The summed E-state index contributed by atoms with van der Waals surface area (Å²) in [5.41, 5.74) is 0.459. The predicted octanol–water partition coefficient (Wildman–Crippen LogP) is 1.52. The van der Waals surface area contributed by atoms with E-state index in [1.165, 1.54) is 19.6 Å². The third-order valence-corrected chi connectivity index (χ3v) is 5.40. The Bertz CT molecular complexity index is 393. The van der Waals surface area contributed by atoms with E-state index in [1.807, 2.05) is 0 Å². The molecule has 0 saturated carbocycles. The fraction of sp³-hybridized carbons (Fsp3) is 0.941. The smallest absolute Gasteiger partial charge is 0.227 e. The van der Waals surface area contributed by atoms with Gasteiger partial charge in [-0.05, 0) is 32.7 Å². The molecular formula is C17H31N3O. The summed E-state index contributed by atoms with van der Waals surface area (Å²) in [6.45, 7) is 16.7. The van der Waals surface area contributed by atoms with Crippen LogP contribution in [0.2, 0.25) is 0 Å². The summed E-state index contributed by atoms with van der Waals surface area (Å²) in [6, 6.07) is 0.571. The molecule has 3 saturated heterocycles. The van der Waals surface area contributed by atoms with E-state index in [0.717, 1.165) is 38.5 Å². The SMILES string of the molecule is CC(C)CN1CC2(C1)CN(C(=O)[C@@H]1CCN(C(C)C)C1)C2. The zero-order valence-corrected chi connectivity index (χ0v) is 14.1. The van der Waals surface area contributed by atoms with Crippen molar-refractivity contribution in [2.24, 2.45) is 17.3 Å². The zero-order chi connectivity index (χ0) is 15.2. The Hall–Kier alpha value is -0.610. The third-order valence-electron chi connectivity index (χ3n) is 5.40. The molecular weight excluding hydrogens is 262 g/mol. The van der Waals surface area contributed by atoms with Gasteiger partial charge in [0.05, 0.1) is 5.92 Å². The molecule has 3 fully saturated rings. The lowest BCUT2D eigenvalue weighted by Gasteiger charge is -2.61. The summed E-state index contributed by atoms with van der Waals surface area (Å²) < 4.78 is 0. The molecule has 3 aliphatic rings. The highest BCUT2D eigenvalue weighted by Gasteiger charge is 2.53. The van der Waals surface area contributed by atoms with Gasteiger partial charge in [-0.1, -0.05) is 13.8 Å². The minimum absolute atomic E-state index is 0.261. The lowest BCUT2D eigenvalue weighted by Crippen LogP contribution is -2.73. The molecule has 4 nitrogen and oxygen atoms in total. The van der Waals surface area contributed by atoms with Crippen LogP contribution in [0.15, 0.2) is 0 Å². The molecule has 0 radical (unpaired) electrons. The number of nitrogens with zero attached hydrogens (tertiary/aromatic N) is 3.